The van der Waals surface area contributed by atoms with Gasteiger partial charge in [-0.05, 0) is 60.3 Å². The Bertz CT molecular complexity index is 1040. The zero-order valence-electron chi connectivity index (χ0n) is 15.8. The topological polar surface area (TPSA) is 104 Å². The molecule has 8 heteroatoms. The molecule has 1 aromatic carbocycles. The van der Waals surface area contributed by atoms with Gasteiger partial charge < -0.3 is 15.5 Å². The van der Waals surface area contributed by atoms with E-state index < -0.39 is 41.0 Å². The number of carbonyl (C=O) groups is 3. The predicted octanol–water partition coefficient (Wildman–Crippen LogP) is 2.96. The van der Waals surface area contributed by atoms with Crippen LogP contribution in [0.4, 0.5) is 8.78 Å². The first-order chi connectivity index (χ1) is 14.3. The SMILES string of the molecule is O=C(NCc1cc(F)cc(F)c1)C1CCC2=C(O)C3C(=O)C=CC(=O)C3C(O)=C2C1. The van der Waals surface area contributed by atoms with Gasteiger partial charge in [0.1, 0.15) is 23.2 Å². The van der Waals surface area contributed by atoms with Gasteiger partial charge in [0.15, 0.2) is 11.6 Å². The number of allylic oxidation sites excluding steroid dienone is 6. The summed E-state index contributed by atoms with van der Waals surface area (Å²) in [5.74, 6) is -6.11. The van der Waals surface area contributed by atoms with Gasteiger partial charge in [-0.25, -0.2) is 8.78 Å². The molecule has 1 amide bonds. The number of benzene rings is 1. The number of carbonyl (C=O) groups excluding carboxylic acids is 3. The lowest BCUT2D eigenvalue weighted by atomic mass is 9.68. The third kappa shape index (κ3) is 3.42. The van der Waals surface area contributed by atoms with Crippen molar-refractivity contribution in [3.05, 3.63) is 70.2 Å². The number of hydrogen-bond acceptors (Lipinski definition) is 5. The maximum Gasteiger partial charge on any atom is 0.223 e. The first-order valence-corrected chi connectivity index (χ1v) is 9.59. The smallest absolute Gasteiger partial charge is 0.223 e. The molecule has 3 unspecified atom stereocenters. The van der Waals surface area contributed by atoms with E-state index in [2.05, 4.69) is 5.32 Å². The van der Waals surface area contributed by atoms with Crippen LogP contribution in [0.15, 0.2) is 53.0 Å². The van der Waals surface area contributed by atoms with E-state index in [0.29, 0.717) is 17.6 Å². The molecule has 0 aromatic heterocycles. The molecule has 30 heavy (non-hydrogen) atoms. The molecule has 0 aliphatic heterocycles. The van der Waals surface area contributed by atoms with Crippen molar-refractivity contribution in [3.63, 3.8) is 0 Å². The highest BCUT2D eigenvalue weighted by Gasteiger charge is 2.47. The van der Waals surface area contributed by atoms with E-state index in [1.54, 1.807) is 0 Å². The highest BCUT2D eigenvalue weighted by molar-refractivity contribution is 6.09. The fourth-order valence-electron chi connectivity index (χ4n) is 4.41. The molecular formula is C22H19F2NO5. The molecule has 1 aromatic rings. The van der Waals surface area contributed by atoms with Crippen LogP contribution in [0.2, 0.25) is 0 Å². The summed E-state index contributed by atoms with van der Waals surface area (Å²) in [4.78, 5) is 37.0. The van der Waals surface area contributed by atoms with Crippen LogP contribution in [0.25, 0.3) is 0 Å². The molecule has 3 aliphatic rings. The van der Waals surface area contributed by atoms with Crippen molar-refractivity contribution in [2.24, 2.45) is 17.8 Å². The van der Waals surface area contributed by atoms with Crippen molar-refractivity contribution in [1.82, 2.24) is 5.32 Å². The van der Waals surface area contributed by atoms with E-state index in [1.165, 1.54) is 0 Å². The number of ketones is 2. The summed E-state index contributed by atoms with van der Waals surface area (Å²) in [7, 11) is 0. The summed E-state index contributed by atoms with van der Waals surface area (Å²) in [6, 6.07) is 2.99. The van der Waals surface area contributed by atoms with Gasteiger partial charge in [0.2, 0.25) is 5.91 Å². The molecule has 156 valence electrons. The van der Waals surface area contributed by atoms with Gasteiger partial charge in [0.25, 0.3) is 0 Å². The summed E-state index contributed by atoms with van der Waals surface area (Å²) in [6.07, 6.45) is 2.89. The van der Waals surface area contributed by atoms with E-state index in [1.807, 2.05) is 0 Å². The van der Waals surface area contributed by atoms with Crippen LogP contribution in [0.3, 0.4) is 0 Å². The number of hydrogen-bond donors (Lipinski definition) is 3. The molecule has 0 radical (unpaired) electrons. The molecule has 3 aliphatic carbocycles. The van der Waals surface area contributed by atoms with Crippen molar-refractivity contribution >= 4 is 17.5 Å². The molecule has 0 saturated heterocycles. The molecule has 0 heterocycles. The predicted molar refractivity (Wildman–Crippen MR) is 101 cm³/mol. The van der Waals surface area contributed by atoms with E-state index in [0.717, 1.165) is 30.4 Å². The average molecular weight is 415 g/mol. The second-order valence-electron chi connectivity index (χ2n) is 7.76. The van der Waals surface area contributed by atoms with Crippen LogP contribution in [0.5, 0.6) is 0 Å². The normalized spacial score (nSPS) is 25.9. The van der Waals surface area contributed by atoms with Gasteiger partial charge in [0, 0.05) is 18.5 Å². The fraction of sp³-hybridized carbons (Fsp3) is 0.318. The number of aliphatic hydroxyl groups excluding tert-OH is 2. The third-order valence-electron chi connectivity index (χ3n) is 5.88. The Hall–Kier alpha value is -3.29. The van der Waals surface area contributed by atoms with Gasteiger partial charge in [-0.2, -0.15) is 0 Å². The Morgan fingerprint density at radius 3 is 2.13 bits per heavy atom. The largest absolute Gasteiger partial charge is 0.511 e. The zero-order valence-corrected chi connectivity index (χ0v) is 15.8. The Kier molecular flexibility index (Phi) is 5.01. The second-order valence-corrected chi connectivity index (χ2v) is 7.76. The van der Waals surface area contributed by atoms with Crippen LogP contribution in [0.1, 0.15) is 24.8 Å². The van der Waals surface area contributed by atoms with Crippen LogP contribution in [-0.4, -0.2) is 27.7 Å². The van der Waals surface area contributed by atoms with Gasteiger partial charge >= 0.3 is 0 Å². The Morgan fingerprint density at radius 1 is 0.967 bits per heavy atom. The van der Waals surface area contributed by atoms with Crippen molar-refractivity contribution < 1.29 is 33.4 Å². The minimum Gasteiger partial charge on any atom is -0.511 e. The van der Waals surface area contributed by atoms with Gasteiger partial charge in [-0.3, -0.25) is 14.4 Å². The standard InChI is InChI=1S/C22H19F2NO5/c23-12-5-10(6-13(24)8-12)9-25-22(30)11-1-2-14-15(7-11)21(29)19-17(27)4-3-16(26)18(19)20(14)28/h3-6,8,11,18-19,28-29H,1-2,7,9H2,(H,25,30). The minimum atomic E-state index is -1.17. The first kappa shape index (κ1) is 20.0. The number of fused-ring (bicyclic) bond motifs is 2. The summed E-state index contributed by atoms with van der Waals surface area (Å²) in [5, 5.41) is 23.9. The summed E-state index contributed by atoms with van der Waals surface area (Å²) in [5.41, 5.74) is 0.991. The number of amides is 1. The maximum atomic E-state index is 13.3. The maximum absolute atomic E-state index is 13.3. The molecule has 1 saturated carbocycles. The average Bonchev–Trinajstić information content (AvgIpc) is 2.70. The van der Waals surface area contributed by atoms with Crippen molar-refractivity contribution in [1.29, 1.82) is 0 Å². The van der Waals surface area contributed by atoms with Crippen molar-refractivity contribution in [2.45, 2.75) is 25.8 Å². The monoisotopic (exact) mass is 415 g/mol. The zero-order chi connectivity index (χ0) is 21.6. The molecule has 0 spiro atoms. The molecule has 3 N–H and O–H groups in total. The first-order valence-electron chi connectivity index (χ1n) is 9.59. The van der Waals surface area contributed by atoms with Crippen LogP contribution < -0.4 is 5.32 Å². The molecule has 6 nitrogen and oxygen atoms in total. The quantitative estimate of drug-likeness (QED) is 0.704. The van der Waals surface area contributed by atoms with Crippen molar-refractivity contribution in [3.8, 4) is 0 Å². The molecule has 4 rings (SSSR count). The minimum absolute atomic E-state index is 0.0640. The molecular weight excluding hydrogens is 396 g/mol. The van der Waals surface area contributed by atoms with Crippen LogP contribution in [-0.2, 0) is 20.9 Å². The van der Waals surface area contributed by atoms with E-state index >= 15 is 0 Å². The lowest BCUT2D eigenvalue weighted by Gasteiger charge is -2.36. The van der Waals surface area contributed by atoms with E-state index in [4.69, 9.17) is 0 Å². The number of nitrogens with one attached hydrogen (secondary N) is 1. The lowest BCUT2D eigenvalue weighted by Crippen LogP contribution is -2.40. The summed E-state index contributed by atoms with van der Waals surface area (Å²) >= 11 is 0. The lowest BCUT2D eigenvalue weighted by molar-refractivity contribution is -0.128. The van der Waals surface area contributed by atoms with Crippen molar-refractivity contribution in [2.75, 3.05) is 0 Å². The Balaban J connectivity index is 1.52. The molecule has 3 atom stereocenters. The fourth-order valence-corrected chi connectivity index (χ4v) is 4.41. The van der Waals surface area contributed by atoms with Gasteiger partial charge in [-0.15, -0.1) is 0 Å². The Morgan fingerprint density at radius 2 is 1.53 bits per heavy atom. The second kappa shape index (κ2) is 7.51. The van der Waals surface area contributed by atoms with Crippen LogP contribution >= 0.6 is 0 Å². The van der Waals surface area contributed by atoms with Crippen LogP contribution in [0, 0.1) is 29.4 Å². The van der Waals surface area contributed by atoms with E-state index in [9.17, 15) is 33.4 Å². The third-order valence-corrected chi connectivity index (χ3v) is 5.88. The Labute approximate surface area is 170 Å². The highest BCUT2D eigenvalue weighted by Crippen LogP contribution is 2.46. The number of rotatable bonds is 3. The highest BCUT2D eigenvalue weighted by atomic mass is 19.1. The number of halogens is 2. The summed E-state index contributed by atoms with van der Waals surface area (Å²) in [6.45, 7) is -0.0640. The van der Waals surface area contributed by atoms with Gasteiger partial charge in [0.05, 0.1) is 11.8 Å². The number of aliphatic hydroxyl groups is 2. The van der Waals surface area contributed by atoms with Gasteiger partial charge in [-0.1, -0.05) is 0 Å². The molecule has 0 bridgehead atoms. The summed E-state index contributed by atoms with van der Waals surface area (Å²) < 4.78 is 26.6. The van der Waals surface area contributed by atoms with E-state index in [-0.39, 0.29) is 42.4 Å². The molecule has 1 fully saturated rings.